The minimum Gasteiger partial charge on any atom is -0.395 e. The molecule has 1 unspecified atom stereocenters. The van der Waals surface area contributed by atoms with Gasteiger partial charge in [0.25, 0.3) is 5.91 Å². The Bertz CT molecular complexity index is 545. The third-order valence-electron chi connectivity index (χ3n) is 3.83. The van der Waals surface area contributed by atoms with E-state index in [-0.39, 0.29) is 18.6 Å². The number of carbonyl (C=O) groups is 1. The molecule has 0 spiro atoms. The van der Waals surface area contributed by atoms with Crippen molar-refractivity contribution in [2.24, 2.45) is 0 Å². The highest BCUT2D eigenvalue weighted by molar-refractivity contribution is 5.96. The van der Waals surface area contributed by atoms with Crippen LogP contribution in [0.3, 0.4) is 0 Å². The number of pyridine rings is 1. The maximum absolute atomic E-state index is 12.8. The highest BCUT2D eigenvalue weighted by atomic mass is 16.2. The predicted octanol–water partition coefficient (Wildman–Crippen LogP) is 2.22. The van der Waals surface area contributed by atoms with E-state index in [0.717, 1.165) is 19.4 Å². The Morgan fingerprint density at radius 2 is 2.33 bits per heavy atom. The van der Waals surface area contributed by atoms with E-state index in [4.69, 9.17) is 5.11 Å². The van der Waals surface area contributed by atoms with Crippen molar-refractivity contribution >= 4 is 5.91 Å². The molecule has 4 heteroatoms. The smallest absolute Gasteiger partial charge is 0.255 e. The van der Waals surface area contributed by atoms with Gasteiger partial charge in [-0.15, -0.1) is 0 Å². The Morgan fingerprint density at radius 3 is 3.14 bits per heavy atom. The summed E-state index contributed by atoms with van der Waals surface area (Å²) >= 11 is 0. The highest BCUT2D eigenvalue weighted by Crippen LogP contribution is 2.20. The van der Waals surface area contributed by atoms with Crippen molar-refractivity contribution in [1.82, 2.24) is 9.88 Å². The molecule has 2 heterocycles. The van der Waals surface area contributed by atoms with E-state index in [1.54, 1.807) is 18.5 Å². The number of amides is 1. The van der Waals surface area contributed by atoms with Crippen LogP contribution in [0.1, 0.15) is 54.9 Å². The first-order chi connectivity index (χ1) is 10.2. The van der Waals surface area contributed by atoms with Crippen molar-refractivity contribution in [2.75, 3.05) is 13.2 Å². The highest BCUT2D eigenvalue weighted by Gasteiger charge is 2.24. The molecule has 1 N–H and O–H groups in total. The topological polar surface area (TPSA) is 53.4 Å². The van der Waals surface area contributed by atoms with Gasteiger partial charge in [-0.25, -0.2) is 0 Å². The summed E-state index contributed by atoms with van der Waals surface area (Å²) in [5.41, 5.74) is 1.26. The molecule has 112 valence electrons. The van der Waals surface area contributed by atoms with Crippen LogP contribution in [0.15, 0.2) is 18.5 Å². The fourth-order valence-corrected chi connectivity index (χ4v) is 2.63. The van der Waals surface area contributed by atoms with E-state index < -0.39 is 0 Å². The normalized spacial score (nSPS) is 18.6. The Morgan fingerprint density at radius 1 is 1.48 bits per heavy atom. The molecule has 1 aromatic rings. The molecule has 0 saturated carbocycles. The lowest BCUT2D eigenvalue weighted by molar-refractivity contribution is 0.0697. The monoisotopic (exact) mass is 286 g/mol. The largest absolute Gasteiger partial charge is 0.395 e. The van der Waals surface area contributed by atoms with Crippen LogP contribution >= 0.6 is 0 Å². The number of nitrogens with zero attached hydrogens (tertiary/aromatic N) is 2. The lowest BCUT2D eigenvalue weighted by Gasteiger charge is -2.27. The minimum absolute atomic E-state index is 0.0275. The standard InChI is InChI=1S/C17H22N2O2/c1-14-7-3-2-5-11-19(14)17(21)16-9-10-18-13-15(16)8-4-6-12-20/h9-10,13-14,20H,2-3,5-7,11-12H2,1H3. The molecule has 1 aliphatic rings. The van der Waals surface area contributed by atoms with E-state index in [2.05, 4.69) is 23.7 Å². The van der Waals surface area contributed by atoms with Crippen molar-refractivity contribution in [3.05, 3.63) is 29.6 Å². The summed E-state index contributed by atoms with van der Waals surface area (Å²) in [5.74, 6) is 5.85. The molecule has 1 saturated heterocycles. The molecule has 1 amide bonds. The molecule has 4 nitrogen and oxygen atoms in total. The maximum Gasteiger partial charge on any atom is 0.255 e. The summed E-state index contributed by atoms with van der Waals surface area (Å²) in [6.07, 6.45) is 8.16. The molecule has 1 aromatic heterocycles. The number of hydrogen-bond acceptors (Lipinski definition) is 3. The van der Waals surface area contributed by atoms with Gasteiger partial charge in [0.05, 0.1) is 17.7 Å². The molecule has 1 atom stereocenters. The summed E-state index contributed by atoms with van der Waals surface area (Å²) in [7, 11) is 0. The lowest BCUT2D eigenvalue weighted by atomic mass is 10.1. The molecule has 0 aliphatic carbocycles. The van der Waals surface area contributed by atoms with Gasteiger partial charge >= 0.3 is 0 Å². The second kappa shape index (κ2) is 7.80. The average Bonchev–Trinajstić information content (AvgIpc) is 2.72. The van der Waals surface area contributed by atoms with Crippen molar-refractivity contribution < 1.29 is 9.90 Å². The summed E-state index contributed by atoms with van der Waals surface area (Å²) in [6, 6.07) is 2.01. The predicted molar refractivity (Wildman–Crippen MR) is 81.8 cm³/mol. The first kappa shape index (κ1) is 15.5. The second-order valence-electron chi connectivity index (χ2n) is 5.39. The first-order valence-corrected chi connectivity index (χ1v) is 7.58. The van der Waals surface area contributed by atoms with Crippen molar-refractivity contribution in [3.8, 4) is 11.8 Å². The van der Waals surface area contributed by atoms with Crippen molar-refractivity contribution in [2.45, 2.75) is 45.1 Å². The van der Waals surface area contributed by atoms with Gasteiger partial charge in [-0.2, -0.15) is 0 Å². The number of aliphatic hydroxyl groups excluding tert-OH is 1. The Balaban J connectivity index is 2.24. The van der Waals surface area contributed by atoms with Crippen LogP contribution in [0.4, 0.5) is 0 Å². The number of aliphatic hydroxyl groups is 1. The third-order valence-corrected chi connectivity index (χ3v) is 3.83. The molecule has 0 aromatic carbocycles. The van der Waals surface area contributed by atoms with Crippen LogP contribution in [-0.2, 0) is 0 Å². The molecule has 1 fully saturated rings. The zero-order valence-electron chi connectivity index (χ0n) is 12.5. The quantitative estimate of drug-likeness (QED) is 0.848. The molecule has 21 heavy (non-hydrogen) atoms. The van der Waals surface area contributed by atoms with Gasteiger partial charge in [0.2, 0.25) is 0 Å². The number of likely N-dealkylation sites (tertiary alicyclic amines) is 1. The van der Waals surface area contributed by atoms with E-state index in [1.165, 1.54) is 12.8 Å². The molecule has 0 radical (unpaired) electrons. The third kappa shape index (κ3) is 4.05. The van der Waals surface area contributed by atoms with Crippen LogP contribution in [-0.4, -0.2) is 40.1 Å². The summed E-state index contributed by atoms with van der Waals surface area (Å²) in [5, 5.41) is 8.80. The number of aromatic nitrogens is 1. The molecular weight excluding hydrogens is 264 g/mol. The van der Waals surface area contributed by atoms with Crippen LogP contribution in [0, 0.1) is 11.8 Å². The molecular formula is C17H22N2O2. The summed E-state index contributed by atoms with van der Waals surface area (Å²) in [4.78, 5) is 18.8. The van der Waals surface area contributed by atoms with Gasteiger partial charge in [-0.05, 0) is 25.8 Å². The zero-order chi connectivity index (χ0) is 15.1. The van der Waals surface area contributed by atoms with Gasteiger partial charge < -0.3 is 10.0 Å². The van der Waals surface area contributed by atoms with Gasteiger partial charge in [0.15, 0.2) is 0 Å². The summed E-state index contributed by atoms with van der Waals surface area (Å²) < 4.78 is 0. The molecule has 2 rings (SSSR count). The average molecular weight is 286 g/mol. The van der Waals surface area contributed by atoms with E-state index >= 15 is 0 Å². The van der Waals surface area contributed by atoms with E-state index in [0.29, 0.717) is 17.5 Å². The number of carbonyl (C=O) groups excluding carboxylic acids is 1. The van der Waals surface area contributed by atoms with Crippen LogP contribution in [0.25, 0.3) is 0 Å². The van der Waals surface area contributed by atoms with E-state index in [1.807, 2.05) is 4.90 Å². The number of hydrogen-bond donors (Lipinski definition) is 1. The minimum atomic E-state index is 0.0275. The lowest BCUT2D eigenvalue weighted by Crippen LogP contribution is -2.38. The Labute approximate surface area is 126 Å². The van der Waals surface area contributed by atoms with Crippen molar-refractivity contribution in [3.63, 3.8) is 0 Å². The number of rotatable bonds is 2. The van der Waals surface area contributed by atoms with E-state index in [9.17, 15) is 4.79 Å². The van der Waals surface area contributed by atoms with Crippen LogP contribution in [0.5, 0.6) is 0 Å². The van der Waals surface area contributed by atoms with Crippen LogP contribution in [0.2, 0.25) is 0 Å². The van der Waals surface area contributed by atoms with Gasteiger partial charge in [0, 0.05) is 31.4 Å². The summed E-state index contributed by atoms with van der Waals surface area (Å²) in [6.45, 7) is 2.95. The maximum atomic E-state index is 12.8. The van der Waals surface area contributed by atoms with Gasteiger partial charge in [0.1, 0.15) is 0 Å². The first-order valence-electron chi connectivity index (χ1n) is 7.58. The molecule has 1 aliphatic heterocycles. The SMILES string of the molecule is CC1CCCCCN1C(=O)c1ccncc1C#CCCO. The molecule has 0 bridgehead atoms. The fourth-order valence-electron chi connectivity index (χ4n) is 2.63. The van der Waals surface area contributed by atoms with Gasteiger partial charge in [-0.1, -0.05) is 24.7 Å². The van der Waals surface area contributed by atoms with Crippen molar-refractivity contribution in [1.29, 1.82) is 0 Å². The van der Waals surface area contributed by atoms with Crippen LogP contribution < -0.4 is 0 Å². The Hall–Kier alpha value is -1.86. The second-order valence-corrected chi connectivity index (χ2v) is 5.39. The fraction of sp³-hybridized carbons (Fsp3) is 0.529. The zero-order valence-corrected chi connectivity index (χ0v) is 12.5. The Kier molecular flexibility index (Phi) is 5.77. The van der Waals surface area contributed by atoms with Gasteiger partial charge in [-0.3, -0.25) is 9.78 Å².